The number of pyridine rings is 1. The molecule has 38 heavy (non-hydrogen) atoms. The molecule has 2 aliphatic heterocycles. The van der Waals surface area contributed by atoms with Crippen LogP contribution in [0.2, 0.25) is 0 Å². The van der Waals surface area contributed by atoms with Crippen LogP contribution in [0.4, 0.5) is 0 Å². The molecular formula is C25H36N8O4S. The second-order valence-electron chi connectivity index (χ2n) is 9.63. The van der Waals surface area contributed by atoms with E-state index in [1.54, 1.807) is 0 Å². The molecule has 12 nitrogen and oxygen atoms in total. The minimum absolute atomic E-state index is 0.0461. The van der Waals surface area contributed by atoms with Gasteiger partial charge in [-0.05, 0) is 51.9 Å². The zero-order valence-electron chi connectivity index (χ0n) is 22.2. The molecule has 0 bridgehead atoms. The van der Waals surface area contributed by atoms with E-state index in [0.717, 1.165) is 38.2 Å². The Hall–Kier alpha value is -2.87. The van der Waals surface area contributed by atoms with Gasteiger partial charge in [-0.1, -0.05) is 13.8 Å². The minimum Gasteiger partial charge on any atom is -0.477 e. The number of H-pyrrole nitrogens is 1. The second-order valence-corrected chi connectivity index (χ2v) is 11.6. The lowest BCUT2D eigenvalue weighted by atomic mass is 10.1. The summed E-state index contributed by atoms with van der Waals surface area (Å²) in [5.74, 6) is 0.430. The van der Waals surface area contributed by atoms with Crippen molar-refractivity contribution in [2.75, 3.05) is 52.4 Å². The number of hydrogen-bond acceptors (Lipinski definition) is 9. The van der Waals surface area contributed by atoms with Gasteiger partial charge in [0.25, 0.3) is 5.56 Å². The summed E-state index contributed by atoms with van der Waals surface area (Å²) in [4.78, 5) is 27.4. The molecule has 0 unspecified atom stereocenters. The fourth-order valence-electron chi connectivity index (χ4n) is 5.28. The summed E-state index contributed by atoms with van der Waals surface area (Å²) >= 11 is 0. The summed E-state index contributed by atoms with van der Waals surface area (Å²) in [5, 5.41) is 8.02. The lowest BCUT2D eigenvalue weighted by Crippen LogP contribution is -2.48. The van der Waals surface area contributed by atoms with Crippen LogP contribution in [0.15, 0.2) is 22.0 Å². The van der Waals surface area contributed by atoms with Gasteiger partial charge in [-0.2, -0.15) is 9.40 Å². The van der Waals surface area contributed by atoms with Crippen LogP contribution in [0.25, 0.3) is 22.4 Å². The number of fused-ring (bicyclic) bond motifs is 1. The first-order valence-corrected chi connectivity index (χ1v) is 14.9. The van der Waals surface area contributed by atoms with E-state index in [1.165, 1.54) is 16.6 Å². The van der Waals surface area contributed by atoms with Crippen LogP contribution in [0.5, 0.6) is 5.88 Å². The normalized spacial score (nSPS) is 18.3. The van der Waals surface area contributed by atoms with Crippen molar-refractivity contribution in [2.45, 2.75) is 51.0 Å². The Morgan fingerprint density at radius 1 is 1.08 bits per heavy atom. The highest BCUT2D eigenvalue weighted by Gasteiger charge is 2.30. The number of ether oxygens (including phenoxy) is 1. The molecule has 0 saturated carbocycles. The number of likely N-dealkylation sites (N-methyl/N-ethyl adjacent to an activating group) is 1. The molecule has 2 aliphatic rings. The van der Waals surface area contributed by atoms with E-state index in [1.807, 2.05) is 18.5 Å². The van der Waals surface area contributed by atoms with Gasteiger partial charge in [-0.3, -0.25) is 9.48 Å². The molecule has 5 heterocycles. The number of piperidine rings is 1. The fraction of sp³-hybridized carbons (Fsp3) is 0.600. The number of aromatic amines is 1. The molecule has 0 amide bonds. The van der Waals surface area contributed by atoms with Gasteiger partial charge in [0.15, 0.2) is 5.52 Å². The maximum atomic E-state index is 13.5. The van der Waals surface area contributed by atoms with Crippen LogP contribution in [0.3, 0.4) is 0 Å². The molecule has 3 aromatic rings. The van der Waals surface area contributed by atoms with Gasteiger partial charge in [0.2, 0.25) is 15.9 Å². The van der Waals surface area contributed by atoms with Crippen molar-refractivity contribution in [3.05, 3.63) is 28.3 Å². The molecule has 2 saturated heterocycles. The number of piperazine rings is 1. The third-order valence-corrected chi connectivity index (χ3v) is 9.28. The van der Waals surface area contributed by atoms with Gasteiger partial charge >= 0.3 is 0 Å². The van der Waals surface area contributed by atoms with Crippen molar-refractivity contribution in [1.29, 1.82) is 0 Å². The van der Waals surface area contributed by atoms with Crippen LogP contribution in [0, 0.1) is 0 Å². The van der Waals surface area contributed by atoms with E-state index in [9.17, 15) is 13.2 Å². The smallest absolute Gasteiger partial charge is 0.279 e. The van der Waals surface area contributed by atoms with Gasteiger partial charge in [0.05, 0.1) is 30.1 Å². The summed E-state index contributed by atoms with van der Waals surface area (Å²) < 4.78 is 36.2. The van der Waals surface area contributed by atoms with E-state index >= 15 is 0 Å². The van der Waals surface area contributed by atoms with Crippen LogP contribution < -0.4 is 15.6 Å². The number of nitrogens with zero attached hydrogens (tertiary/aromatic N) is 6. The SMILES string of the molecule is CCOc1ncc(S(=O)(=O)N2CCN(CC)CC2)cc1-c1nc2c(CC)n(C3CCNCC3)nc2c(=O)[nH]1. The molecule has 0 aliphatic carbocycles. The quantitative estimate of drug-likeness (QED) is 0.431. The van der Waals surface area contributed by atoms with Crippen molar-refractivity contribution in [2.24, 2.45) is 0 Å². The lowest BCUT2D eigenvalue weighted by Gasteiger charge is -2.33. The standard InChI is InChI=1S/C25H36N8O4S/c1-4-20-21-22(30-33(20)17-7-9-26-10-8-17)24(34)29-23(28-21)19-15-18(16-27-25(19)37-6-3)38(35,36)32-13-11-31(5-2)12-14-32/h15-17,26H,4-14H2,1-3H3,(H,28,29,34). The van der Waals surface area contributed by atoms with Crippen LogP contribution in [-0.2, 0) is 16.4 Å². The summed E-state index contributed by atoms with van der Waals surface area (Å²) in [6.45, 7) is 11.1. The van der Waals surface area contributed by atoms with Gasteiger partial charge in [-0.15, -0.1) is 0 Å². The third kappa shape index (κ3) is 4.95. The predicted molar refractivity (Wildman–Crippen MR) is 144 cm³/mol. The van der Waals surface area contributed by atoms with E-state index < -0.39 is 10.0 Å². The molecule has 0 atom stereocenters. The lowest BCUT2D eigenvalue weighted by molar-refractivity contribution is 0.196. The first-order chi connectivity index (χ1) is 18.4. The maximum Gasteiger partial charge on any atom is 0.279 e. The molecule has 0 spiro atoms. The van der Waals surface area contributed by atoms with Gasteiger partial charge in [0.1, 0.15) is 16.2 Å². The number of aryl methyl sites for hydroxylation is 1. The largest absolute Gasteiger partial charge is 0.477 e. The molecule has 2 N–H and O–H groups in total. The Labute approximate surface area is 222 Å². The highest BCUT2D eigenvalue weighted by atomic mass is 32.2. The zero-order valence-corrected chi connectivity index (χ0v) is 23.1. The van der Waals surface area contributed by atoms with E-state index in [2.05, 4.69) is 32.2 Å². The van der Waals surface area contributed by atoms with Crippen molar-refractivity contribution in [3.8, 4) is 17.3 Å². The Morgan fingerprint density at radius 3 is 2.47 bits per heavy atom. The van der Waals surface area contributed by atoms with E-state index in [4.69, 9.17) is 9.72 Å². The average Bonchev–Trinajstić information content (AvgIpc) is 3.33. The monoisotopic (exact) mass is 544 g/mol. The number of hydrogen-bond donors (Lipinski definition) is 2. The summed E-state index contributed by atoms with van der Waals surface area (Å²) in [5.41, 5.74) is 1.65. The predicted octanol–water partition coefficient (Wildman–Crippen LogP) is 1.39. The first-order valence-electron chi connectivity index (χ1n) is 13.4. The Kier molecular flexibility index (Phi) is 7.80. The number of aromatic nitrogens is 5. The number of nitrogens with one attached hydrogen (secondary N) is 2. The average molecular weight is 545 g/mol. The van der Waals surface area contributed by atoms with Crippen LogP contribution in [0.1, 0.15) is 45.3 Å². The molecular weight excluding hydrogens is 508 g/mol. The Balaban J connectivity index is 1.59. The number of sulfonamides is 1. The minimum atomic E-state index is -3.79. The zero-order chi connectivity index (χ0) is 26.9. The molecule has 206 valence electrons. The van der Waals surface area contributed by atoms with Gasteiger partial charge in [-0.25, -0.2) is 18.4 Å². The maximum absolute atomic E-state index is 13.5. The van der Waals surface area contributed by atoms with Crippen molar-refractivity contribution in [1.82, 2.24) is 39.3 Å². The Bertz CT molecular complexity index is 1450. The fourth-order valence-corrected chi connectivity index (χ4v) is 6.67. The topological polar surface area (TPSA) is 138 Å². The highest BCUT2D eigenvalue weighted by Crippen LogP contribution is 2.31. The third-order valence-electron chi connectivity index (χ3n) is 7.42. The molecule has 0 aromatic carbocycles. The Morgan fingerprint density at radius 2 is 1.82 bits per heavy atom. The van der Waals surface area contributed by atoms with Crippen molar-refractivity contribution < 1.29 is 13.2 Å². The first kappa shape index (κ1) is 26.7. The van der Waals surface area contributed by atoms with E-state index in [-0.39, 0.29) is 33.7 Å². The molecule has 2 fully saturated rings. The summed E-state index contributed by atoms with van der Waals surface area (Å²) in [6, 6.07) is 1.71. The van der Waals surface area contributed by atoms with Crippen molar-refractivity contribution in [3.63, 3.8) is 0 Å². The van der Waals surface area contributed by atoms with Crippen LogP contribution in [-0.4, -0.2) is 94.8 Å². The molecule has 13 heteroatoms. The number of rotatable bonds is 8. The second kappa shape index (κ2) is 11.1. The summed E-state index contributed by atoms with van der Waals surface area (Å²) in [7, 11) is -3.79. The molecule has 0 radical (unpaired) electrons. The van der Waals surface area contributed by atoms with E-state index in [0.29, 0.717) is 50.3 Å². The summed E-state index contributed by atoms with van der Waals surface area (Å²) in [6.07, 6.45) is 3.83. The molecule has 3 aromatic heterocycles. The highest BCUT2D eigenvalue weighted by molar-refractivity contribution is 7.89. The molecule has 5 rings (SSSR count). The van der Waals surface area contributed by atoms with Crippen LogP contribution >= 0.6 is 0 Å². The van der Waals surface area contributed by atoms with Gasteiger partial charge in [0, 0.05) is 26.2 Å². The van der Waals surface area contributed by atoms with Crippen molar-refractivity contribution >= 4 is 21.1 Å². The van der Waals surface area contributed by atoms with Gasteiger partial charge < -0.3 is 19.9 Å².